The van der Waals surface area contributed by atoms with Crippen LogP contribution >= 0.6 is 11.6 Å². The number of carbonyl (C=O) groups excluding carboxylic acids is 2. The second-order valence-corrected chi connectivity index (χ2v) is 5.28. The van der Waals surface area contributed by atoms with Gasteiger partial charge in [0, 0.05) is 17.3 Å². The monoisotopic (exact) mass is 356 g/mol. The number of hydrogen-bond acceptors (Lipinski definition) is 2. The number of benzene rings is 2. The van der Waals surface area contributed by atoms with Crippen LogP contribution in [-0.4, -0.2) is 11.8 Å². The van der Waals surface area contributed by atoms with Crippen molar-refractivity contribution in [2.75, 3.05) is 5.32 Å². The van der Waals surface area contributed by atoms with E-state index in [1.807, 2.05) is 0 Å². The highest BCUT2D eigenvalue weighted by molar-refractivity contribution is 6.39. The Balaban J connectivity index is 1.94. The van der Waals surface area contributed by atoms with Crippen LogP contribution in [-0.2, 0) is 22.3 Å². The molecule has 0 saturated carbocycles. The fourth-order valence-electron chi connectivity index (χ4n) is 1.83. The van der Waals surface area contributed by atoms with Gasteiger partial charge in [-0.05, 0) is 35.9 Å². The standard InChI is InChI=1S/C16H12ClF3N2O2/c17-12-6-4-10(5-7-12)9-21-14(23)15(24)22-13-3-1-2-11(8-13)16(18,19)20/h1-8H,9H2,(H,21,23)(H,22,24). The molecule has 0 aliphatic rings. The highest BCUT2D eigenvalue weighted by Gasteiger charge is 2.30. The molecule has 0 atom stereocenters. The van der Waals surface area contributed by atoms with E-state index >= 15 is 0 Å². The molecule has 0 aliphatic heterocycles. The molecule has 126 valence electrons. The third-order valence-corrected chi connectivity index (χ3v) is 3.27. The number of rotatable bonds is 3. The van der Waals surface area contributed by atoms with Crippen molar-refractivity contribution in [1.29, 1.82) is 0 Å². The summed E-state index contributed by atoms with van der Waals surface area (Å²) in [7, 11) is 0. The van der Waals surface area contributed by atoms with E-state index in [9.17, 15) is 22.8 Å². The normalized spacial score (nSPS) is 11.0. The van der Waals surface area contributed by atoms with Crippen LogP contribution in [0.3, 0.4) is 0 Å². The number of alkyl halides is 3. The summed E-state index contributed by atoms with van der Waals surface area (Å²) in [6.45, 7) is 0.0893. The van der Waals surface area contributed by atoms with Crippen molar-refractivity contribution in [3.8, 4) is 0 Å². The number of amides is 2. The number of halogens is 4. The van der Waals surface area contributed by atoms with Gasteiger partial charge < -0.3 is 10.6 Å². The molecule has 0 radical (unpaired) electrons. The van der Waals surface area contributed by atoms with Crippen molar-refractivity contribution in [3.05, 3.63) is 64.7 Å². The number of nitrogens with one attached hydrogen (secondary N) is 2. The molecule has 2 aromatic rings. The van der Waals surface area contributed by atoms with Crippen molar-refractivity contribution in [2.45, 2.75) is 12.7 Å². The second-order valence-electron chi connectivity index (χ2n) is 4.84. The first kappa shape index (κ1) is 17.8. The first-order chi connectivity index (χ1) is 11.3. The largest absolute Gasteiger partial charge is 0.416 e. The van der Waals surface area contributed by atoms with E-state index in [1.165, 1.54) is 6.07 Å². The second kappa shape index (κ2) is 7.35. The zero-order valence-electron chi connectivity index (χ0n) is 12.2. The van der Waals surface area contributed by atoms with Crippen LogP contribution in [0.25, 0.3) is 0 Å². The van der Waals surface area contributed by atoms with E-state index in [0.717, 1.165) is 23.8 Å². The molecule has 24 heavy (non-hydrogen) atoms. The molecule has 2 rings (SSSR count). The zero-order valence-corrected chi connectivity index (χ0v) is 12.9. The van der Waals surface area contributed by atoms with E-state index in [0.29, 0.717) is 5.02 Å². The van der Waals surface area contributed by atoms with Crippen molar-refractivity contribution in [1.82, 2.24) is 5.32 Å². The van der Waals surface area contributed by atoms with Gasteiger partial charge in [0.2, 0.25) is 0 Å². The summed E-state index contributed by atoms with van der Waals surface area (Å²) >= 11 is 5.73. The van der Waals surface area contributed by atoms with Gasteiger partial charge in [0.05, 0.1) is 5.56 Å². The van der Waals surface area contributed by atoms with Gasteiger partial charge in [0.1, 0.15) is 0 Å². The predicted octanol–water partition coefficient (Wildman–Crippen LogP) is 3.61. The summed E-state index contributed by atoms with van der Waals surface area (Å²) in [4.78, 5) is 23.4. The molecule has 0 bridgehead atoms. The quantitative estimate of drug-likeness (QED) is 0.825. The lowest BCUT2D eigenvalue weighted by Gasteiger charge is -2.10. The Morgan fingerprint density at radius 3 is 2.29 bits per heavy atom. The molecule has 2 amide bonds. The highest BCUT2D eigenvalue weighted by Crippen LogP contribution is 2.30. The SMILES string of the molecule is O=C(NCc1ccc(Cl)cc1)C(=O)Nc1cccc(C(F)(F)F)c1. The summed E-state index contributed by atoms with van der Waals surface area (Å²) in [6, 6.07) is 10.6. The lowest BCUT2D eigenvalue weighted by molar-refractivity contribution is -0.137. The van der Waals surface area contributed by atoms with Gasteiger partial charge in [0.25, 0.3) is 0 Å². The Morgan fingerprint density at radius 1 is 1.00 bits per heavy atom. The first-order valence-corrected chi connectivity index (χ1v) is 7.14. The van der Waals surface area contributed by atoms with Crippen LogP contribution < -0.4 is 10.6 Å². The molecule has 0 aromatic heterocycles. The maximum absolute atomic E-state index is 12.6. The Hall–Kier alpha value is -2.54. The van der Waals surface area contributed by atoms with Gasteiger partial charge in [-0.3, -0.25) is 9.59 Å². The average Bonchev–Trinajstić information content (AvgIpc) is 2.53. The Kier molecular flexibility index (Phi) is 5.46. The highest BCUT2D eigenvalue weighted by atomic mass is 35.5. The van der Waals surface area contributed by atoms with Crippen LogP contribution in [0.15, 0.2) is 48.5 Å². The minimum Gasteiger partial charge on any atom is -0.344 e. The summed E-state index contributed by atoms with van der Waals surface area (Å²) in [6.07, 6.45) is -4.53. The maximum atomic E-state index is 12.6. The molecule has 8 heteroatoms. The van der Waals surface area contributed by atoms with Crippen LogP contribution in [0.5, 0.6) is 0 Å². The third-order valence-electron chi connectivity index (χ3n) is 3.02. The molecule has 2 aromatic carbocycles. The topological polar surface area (TPSA) is 58.2 Å². The molecule has 4 nitrogen and oxygen atoms in total. The molecule has 0 heterocycles. The van der Waals surface area contributed by atoms with E-state index in [2.05, 4.69) is 10.6 Å². The fourth-order valence-corrected chi connectivity index (χ4v) is 1.95. The van der Waals surface area contributed by atoms with Crippen LogP contribution in [0.4, 0.5) is 18.9 Å². The summed E-state index contributed by atoms with van der Waals surface area (Å²) < 4.78 is 37.8. The Morgan fingerprint density at radius 2 is 1.67 bits per heavy atom. The smallest absolute Gasteiger partial charge is 0.344 e. The molecular formula is C16H12ClF3N2O2. The first-order valence-electron chi connectivity index (χ1n) is 6.76. The van der Waals surface area contributed by atoms with E-state index in [4.69, 9.17) is 11.6 Å². The maximum Gasteiger partial charge on any atom is 0.416 e. The minimum absolute atomic E-state index is 0.0893. The van der Waals surface area contributed by atoms with Gasteiger partial charge in [-0.15, -0.1) is 0 Å². The lowest BCUT2D eigenvalue weighted by Crippen LogP contribution is -2.35. The summed E-state index contributed by atoms with van der Waals surface area (Å²) in [5.41, 5.74) is -0.307. The minimum atomic E-state index is -4.53. The molecule has 0 unspecified atom stereocenters. The van der Waals surface area contributed by atoms with Crippen molar-refractivity contribution < 1.29 is 22.8 Å². The van der Waals surface area contributed by atoms with E-state index < -0.39 is 23.6 Å². The summed E-state index contributed by atoms with van der Waals surface area (Å²) in [5, 5.41) is 5.03. The van der Waals surface area contributed by atoms with Crippen molar-refractivity contribution >= 4 is 29.1 Å². The van der Waals surface area contributed by atoms with Gasteiger partial charge in [0.15, 0.2) is 0 Å². The third kappa shape index (κ3) is 4.99. The number of anilines is 1. The van der Waals surface area contributed by atoms with Crippen LogP contribution in [0.2, 0.25) is 5.02 Å². The van der Waals surface area contributed by atoms with Crippen molar-refractivity contribution in [2.24, 2.45) is 0 Å². The molecule has 0 spiro atoms. The Labute approximate surface area is 140 Å². The molecule has 2 N–H and O–H groups in total. The Bertz CT molecular complexity index is 746. The molecule has 0 saturated heterocycles. The van der Waals surface area contributed by atoms with Gasteiger partial charge in [-0.25, -0.2) is 0 Å². The van der Waals surface area contributed by atoms with Crippen LogP contribution in [0, 0.1) is 0 Å². The van der Waals surface area contributed by atoms with Crippen molar-refractivity contribution in [3.63, 3.8) is 0 Å². The van der Waals surface area contributed by atoms with E-state index in [1.54, 1.807) is 24.3 Å². The van der Waals surface area contributed by atoms with Gasteiger partial charge in [-0.2, -0.15) is 13.2 Å². The van der Waals surface area contributed by atoms with E-state index in [-0.39, 0.29) is 12.2 Å². The molecule has 0 fully saturated rings. The number of carbonyl (C=O) groups is 2. The average molecular weight is 357 g/mol. The predicted molar refractivity (Wildman–Crippen MR) is 83.4 cm³/mol. The summed E-state index contributed by atoms with van der Waals surface area (Å²) in [5.74, 6) is -2.01. The fraction of sp³-hybridized carbons (Fsp3) is 0.125. The van der Waals surface area contributed by atoms with Gasteiger partial charge >= 0.3 is 18.0 Å². The zero-order chi connectivity index (χ0) is 17.7. The van der Waals surface area contributed by atoms with Crippen LogP contribution in [0.1, 0.15) is 11.1 Å². The van der Waals surface area contributed by atoms with Gasteiger partial charge in [-0.1, -0.05) is 29.8 Å². The molecule has 0 aliphatic carbocycles. The molecular weight excluding hydrogens is 345 g/mol. The number of hydrogen-bond donors (Lipinski definition) is 2. The lowest BCUT2D eigenvalue weighted by atomic mass is 10.2.